The second kappa shape index (κ2) is 9.30. The summed E-state index contributed by atoms with van der Waals surface area (Å²) >= 11 is 5.70. The standard InChI is InChI=1S/C17H14ClN3O6/c1-26-17(23)12-4-2-11(3-5-12)9-19-20-16(22)10-27-15-7-6-13(18)8-14(15)21(24)25/h2-9H,10H2,1H3,(H,20,22)/b19-9-. The van der Waals surface area contributed by atoms with Crippen LogP contribution in [0.3, 0.4) is 0 Å². The molecule has 0 saturated heterocycles. The first kappa shape index (κ1) is 19.9. The van der Waals surface area contributed by atoms with E-state index >= 15 is 0 Å². The number of hydrogen-bond donors (Lipinski definition) is 1. The second-order valence-corrected chi connectivity index (χ2v) is 5.50. The van der Waals surface area contributed by atoms with Crippen LogP contribution in [-0.4, -0.2) is 36.7 Å². The molecule has 0 aliphatic heterocycles. The topological polar surface area (TPSA) is 120 Å². The van der Waals surface area contributed by atoms with E-state index in [-0.39, 0.29) is 16.5 Å². The Morgan fingerprint density at radius 2 is 1.96 bits per heavy atom. The second-order valence-electron chi connectivity index (χ2n) is 5.06. The lowest BCUT2D eigenvalue weighted by molar-refractivity contribution is -0.385. The minimum Gasteiger partial charge on any atom is -0.477 e. The Morgan fingerprint density at radius 1 is 1.26 bits per heavy atom. The van der Waals surface area contributed by atoms with E-state index in [0.717, 1.165) is 6.07 Å². The van der Waals surface area contributed by atoms with Crippen LogP contribution >= 0.6 is 11.6 Å². The van der Waals surface area contributed by atoms with E-state index in [1.54, 1.807) is 24.3 Å². The molecule has 0 heterocycles. The number of methoxy groups -OCH3 is 1. The van der Waals surface area contributed by atoms with Gasteiger partial charge < -0.3 is 9.47 Å². The van der Waals surface area contributed by atoms with Gasteiger partial charge in [-0.25, -0.2) is 10.2 Å². The van der Waals surface area contributed by atoms with Gasteiger partial charge in [0.25, 0.3) is 5.91 Å². The van der Waals surface area contributed by atoms with Crippen molar-refractivity contribution in [2.45, 2.75) is 0 Å². The zero-order valence-electron chi connectivity index (χ0n) is 14.0. The molecule has 0 aliphatic rings. The predicted molar refractivity (Wildman–Crippen MR) is 97.1 cm³/mol. The highest BCUT2D eigenvalue weighted by molar-refractivity contribution is 6.30. The van der Waals surface area contributed by atoms with Crippen molar-refractivity contribution in [1.82, 2.24) is 5.43 Å². The smallest absolute Gasteiger partial charge is 0.337 e. The maximum Gasteiger partial charge on any atom is 0.337 e. The number of hydrogen-bond acceptors (Lipinski definition) is 7. The summed E-state index contributed by atoms with van der Waals surface area (Å²) in [5, 5.41) is 14.9. The number of ether oxygens (including phenoxy) is 2. The fraction of sp³-hybridized carbons (Fsp3) is 0.118. The summed E-state index contributed by atoms with van der Waals surface area (Å²) in [6.45, 7) is -0.471. The molecule has 0 bridgehead atoms. The average Bonchev–Trinajstić information content (AvgIpc) is 2.66. The molecular weight excluding hydrogens is 378 g/mol. The van der Waals surface area contributed by atoms with Crippen molar-refractivity contribution < 1.29 is 24.0 Å². The van der Waals surface area contributed by atoms with Gasteiger partial charge >= 0.3 is 11.7 Å². The number of benzene rings is 2. The summed E-state index contributed by atoms with van der Waals surface area (Å²) in [5.41, 5.74) is 2.91. The van der Waals surface area contributed by atoms with Crippen LogP contribution < -0.4 is 10.2 Å². The lowest BCUT2D eigenvalue weighted by atomic mass is 10.1. The van der Waals surface area contributed by atoms with Gasteiger partial charge in [0.1, 0.15) is 0 Å². The van der Waals surface area contributed by atoms with Crippen LogP contribution in [0.15, 0.2) is 47.6 Å². The number of nitrogens with zero attached hydrogens (tertiary/aromatic N) is 2. The number of nitro benzene ring substituents is 1. The number of halogens is 1. The van der Waals surface area contributed by atoms with E-state index in [1.807, 2.05) is 0 Å². The molecule has 9 nitrogen and oxygen atoms in total. The molecule has 2 rings (SSSR count). The van der Waals surface area contributed by atoms with Gasteiger partial charge in [-0.1, -0.05) is 23.7 Å². The van der Waals surface area contributed by atoms with E-state index in [4.69, 9.17) is 16.3 Å². The number of hydrazone groups is 1. The van der Waals surface area contributed by atoms with Crippen molar-refractivity contribution in [3.8, 4) is 5.75 Å². The van der Waals surface area contributed by atoms with Gasteiger partial charge in [-0.2, -0.15) is 5.10 Å². The average molecular weight is 392 g/mol. The van der Waals surface area contributed by atoms with Gasteiger partial charge in [0.05, 0.1) is 23.8 Å². The van der Waals surface area contributed by atoms with Crippen LogP contribution in [0.1, 0.15) is 15.9 Å². The lowest BCUT2D eigenvalue weighted by Gasteiger charge is -2.06. The Hall–Kier alpha value is -3.46. The fourth-order valence-electron chi connectivity index (χ4n) is 1.93. The quantitative estimate of drug-likeness (QED) is 0.335. The molecule has 10 heteroatoms. The van der Waals surface area contributed by atoms with E-state index in [1.165, 1.54) is 25.5 Å². The van der Waals surface area contributed by atoms with E-state index in [0.29, 0.717) is 11.1 Å². The number of nitro groups is 1. The predicted octanol–water partition coefficient (Wildman–Crippen LogP) is 2.56. The molecule has 0 unspecified atom stereocenters. The molecular formula is C17H14ClN3O6. The minimum atomic E-state index is -0.657. The van der Waals surface area contributed by atoms with Gasteiger partial charge in [0.15, 0.2) is 12.4 Å². The Balaban J connectivity index is 1.89. The first-order chi connectivity index (χ1) is 12.9. The third kappa shape index (κ3) is 5.79. The van der Waals surface area contributed by atoms with Crippen LogP contribution in [0.2, 0.25) is 5.02 Å². The Kier molecular flexibility index (Phi) is 6.84. The number of nitrogens with one attached hydrogen (secondary N) is 1. The summed E-state index contributed by atoms with van der Waals surface area (Å²) in [5.74, 6) is -1.15. The molecule has 0 atom stereocenters. The van der Waals surface area contributed by atoms with Crippen molar-refractivity contribution >= 4 is 35.4 Å². The zero-order valence-corrected chi connectivity index (χ0v) is 14.8. The first-order valence-electron chi connectivity index (χ1n) is 7.47. The normalized spacial score (nSPS) is 10.4. The van der Waals surface area contributed by atoms with Crippen LogP contribution in [0.5, 0.6) is 5.75 Å². The Morgan fingerprint density at radius 3 is 2.59 bits per heavy atom. The highest BCUT2D eigenvalue weighted by Gasteiger charge is 2.16. The molecule has 0 radical (unpaired) electrons. The van der Waals surface area contributed by atoms with Crippen molar-refractivity contribution in [2.24, 2.45) is 5.10 Å². The van der Waals surface area contributed by atoms with E-state index in [9.17, 15) is 19.7 Å². The summed E-state index contributed by atoms with van der Waals surface area (Å²) in [6, 6.07) is 10.2. The number of carbonyl (C=O) groups excluding carboxylic acids is 2. The van der Waals surface area contributed by atoms with Crippen LogP contribution in [0.25, 0.3) is 0 Å². The summed E-state index contributed by atoms with van der Waals surface area (Å²) in [6.07, 6.45) is 1.36. The molecule has 2 aromatic carbocycles. The summed E-state index contributed by atoms with van der Waals surface area (Å²) < 4.78 is 9.72. The molecule has 0 fully saturated rings. The van der Waals surface area contributed by atoms with Crippen molar-refractivity contribution in [3.63, 3.8) is 0 Å². The highest BCUT2D eigenvalue weighted by atomic mass is 35.5. The molecule has 0 spiro atoms. The highest BCUT2D eigenvalue weighted by Crippen LogP contribution is 2.29. The third-order valence-corrected chi connectivity index (χ3v) is 3.45. The fourth-order valence-corrected chi connectivity index (χ4v) is 2.10. The molecule has 27 heavy (non-hydrogen) atoms. The molecule has 140 valence electrons. The summed E-state index contributed by atoms with van der Waals surface area (Å²) in [4.78, 5) is 33.3. The molecule has 1 amide bonds. The molecule has 2 aromatic rings. The molecule has 0 saturated carbocycles. The number of carbonyl (C=O) groups is 2. The molecule has 0 aromatic heterocycles. The number of esters is 1. The van der Waals surface area contributed by atoms with E-state index < -0.39 is 23.4 Å². The van der Waals surface area contributed by atoms with Crippen LogP contribution in [0, 0.1) is 10.1 Å². The first-order valence-corrected chi connectivity index (χ1v) is 7.85. The lowest BCUT2D eigenvalue weighted by Crippen LogP contribution is -2.24. The van der Waals surface area contributed by atoms with Crippen molar-refractivity contribution in [3.05, 3.63) is 68.7 Å². The van der Waals surface area contributed by atoms with Gasteiger partial charge in [0.2, 0.25) is 0 Å². The Bertz CT molecular complexity index is 883. The maximum atomic E-state index is 11.7. The monoisotopic (exact) mass is 391 g/mol. The summed E-state index contributed by atoms with van der Waals surface area (Å²) in [7, 11) is 1.29. The minimum absolute atomic E-state index is 0.0815. The Labute approximate surface area is 158 Å². The SMILES string of the molecule is COC(=O)c1ccc(/C=N\NC(=O)COc2ccc(Cl)cc2[N+](=O)[O-])cc1. The zero-order chi connectivity index (χ0) is 19.8. The molecule has 0 aliphatic carbocycles. The number of amides is 1. The largest absolute Gasteiger partial charge is 0.477 e. The number of rotatable bonds is 7. The van der Waals surface area contributed by atoms with Gasteiger partial charge in [-0.15, -0.1) is 0 Å². The van der Waals surface area contributed by atoms with Crippen LogP contribution in [-0.2, 0) is 9.53 Å². The maximum absolute atomic E-state index is 11.7. The van der Waals surface area contributed by atoms with Crippen molar-refractivity contribution in [1.29, 1.82) is 0 Å². The van der Waals surface area contributed by atoms with Gasteiger partial charge in [-0.05, 0) is 29.8 Å². The third-order valence-electron chi connectivity index (χ3n) is 3.21. The van der Waals surface area contributed by atoms with Crippen LogP contribution in [0.4, 0.5) is 5.69 Å². The van der Waals surface area contributed by atoms with E-state index in [2.05, 4.69) is 15.3 Å². The van der Waals surface area contributed by atoms with Gasteiger partial charge in [-0.3, -0.25) is 14.9 Å². The van der Waals surface area contributed by atoms with Gasteiger partial charge in [0, 0.05) is 11.1 Å². The molecule has 1 N–H and O–H groups in total. The van der Waals surface area contributed by atoms with Crippen molar-refractivity contribution in [2.75, 3.05) is 13.7 Å².